The fraction of sp³-hybridized carbons (Fsp3) is 0.750. The molecule has 1 aliphatic carbocycles. The Morgan fingerprint density at radius 1 is 1.47 bits per heavy atom. The molecule has 0 unspecified atom stereocenters. The van der Waals surface area contributed by atoms with E-state index in [-0.39, 0.29) is 23.6 Å². The zero-order valence-corrected chi connectivity index (χ0v) is 12.0. The van der Waals surface area contributed by atoms with Gasteiger partial charge in [0.25, 0.3) is 10.0 Å². The maximum absolute atomic E-state index is 12.1. The van der Waals surface area contributed by atoms with Gasteiger partial charge >= 0.3 is 0 Å². The van der Waals surface area contributed by atoms with E-state index in [1.807, 2.05) is 6.92 Å². The molecule has 0 amide bonds. The predicted molar refractivity (Wildman–Crippen MR) is 71.1 cm³/mol. The molecule has 1 fully saturated rings. The normalized spacial score (nSPS) is 18.8. The van der Waals surface area contributed by atoms with Crippen LogP contribution in [-0.2, 0) is 16.6 Å². The van der Waals surface area contributed by atoms with Gasteiger partial charge in [-0.3, -0.25) is 0 Å². The Labute approximate surface area is 113 Å². The number of hydrogen-bond donors (Lipinski definition) is 2. The van der Waals surface area contributed by atoms with Crippen molar-refractivity contribution in [3.63, 3.8) is 0 Å². The number of aryl methyl sites for hydroxylation is 1. The first-order chi connectivity index (χ1) is 9.01. The molecule has 2 N–H and O–H groups in total. The minimum absolute atomic E-state index is 0.0267. The van der Waals surface area contributed by atoms with Crippen LogP contribution in [0.5, 0.6) is 0 Å². The highest BCUT2D eigenvalue weighted by Gasteiger charge is 2.34. The highest BCUT2D eigenvalue weighted by atomic mass is 32.2. The van der Waals surface area contributed by atoms with Crippen molar-refractivity contribution in [3.05, 3.63) is 12.5 Å². The summed E-state index contributed by atoms with van der Waals surface area (Å²) in [4.78, 5) is 3.90. The molecule has 108 valence electrons. The molecule has 0 spiro atoms. The van der Waals surface area contributed by atoms with Gasteiger partial charge in [-0.1, -0.05) is 12.8 Å². The van der Waals surface area contributed by atoms with E-state index in [1.54, 1.807) is 4.57 Å². The van der Waals surface area contributed by atoms with E-state index in [4.69, 9.17) is 0 Å². The molecule has 0 atom stereocenters. The quantitative estimate of drug-likeness (QED) is 0.808. The molecule has 0 aliphatic heterocycles. The SMILES string of the molecule is CCn1cnc(S(=O)(=O)NCC2(CO)CCCC2)c1. The zero-order valence-electron chi connectivity index (χ0n) is 11.2. The fourth-order valence-electron chi connectivity index (χ4n) is 2.49. The number of imidazole rings is 1. The topological polar surface area (TPSA) is 84.2 Å². The van der Waals surface area contributed by atoms with Crippen molar-refractivity contribution in [2.24, 2.45) is 5.41 Å². The summed E-state index contributed by atoms with van der Waals surface area (Å²) in [6.45, 7) is 2.91. The molecule has 1 aromatic heterocycles. The van der Waals surface area contributed by atoms with Crippen LogP contribution in [-0.4, -0.2) is 36.2 Å². The van der Waals surface area contributed by atoms with Gasteiger partial charge in [0.1, 0.15) is 0 Å². The number of sulfonamides is 1. The third-order valence-corrected chi connectivity index (χ3v) is 5.17. The zero-order chi connectivity index (χ0) is 13.9. The van der Waals surface area contributed by atoms with Crippen molar-refractivity contribution in [3.8, 4) is 0 Å². The Morgan fingerprint density at radius 3 is 2.68 bits per heavy atom. The standard InChI is InChI=1S/C12H21N3O3S/c1-2-15-7-11(13-10-15)19(17,18)14-8-12(9-16)5-3-4-6-12/h7,10,14,16H,2-6,8-9H2,1H3. The summed E-state index contributed by atoms with van der Waals surface area (Å²) in [5.41, 5.74) is -0.291. The Morgan fingerprint density at radius 2 is 2.16 bits per heavy atom. The minimum atomic E-state index is -3.58. The monoisotopic (exact) mass is 287 g/mol. The van der Waals surface area contributed by atoms with Gasteiger partial charge < -0.3 is 9.67 Å². The Bertz CT molecular complexity index is 518. The number of nitrogens with zero attached hydrogens (tertiary/aromatic N) is 2. The lowest BCUT2D eigenvalue weighted by molar-refractivity contribution is 0.134. The van der Waals surface area contributed by atoms with Gasteiger partial charge in [-0.2, -0.15) is 0 Å². The van der Waals surface area contributed by atoms with Crippen LogP contribution in [0, 0.1) is 5.41 Å². The minimum Gasteiger partial charge on any atom is -0.396 e. The van der Waals surface area contributed by atoms with E-state index in [2.05, 4.69) is 9.71 Å². The second-order valence-corrected chi connectivity index (χ2v) is 6.95. The van der Waals surface area contributed by atoms with Crippen LogP contribution in [0.3, 0.4) is 0 Å². The average Bonchev–Trinajstić information content (AvgIpc) is 3.06. The molecule has 0 radical (unpaired) electrons. The first-order valence-electron chi connectivity index (χ1n) is 6.64. The summed E-state index contributed by atoms with van der Waals surface area (Å²) in [7, 11) is -3.58. The van der Waals surface area contributed by atoms with Crippen LogP contribution < -0.4 is 4.72 Å². The summed E-state index contributed by atoms with van der Waals surface area (Å²) < 4.78 is 28.5. The van der Waals surface area contributed by atoms with E-state index < -0.39 is 10.0 Å². The van der Waals surface area contributed by atoms with Crippen molar-refractivity contribution in [2.75, 3.05) is 13.2 Å². The molecule has 6 nitrogen and oxygen atoms in total. The smallest absolute Gasteiger partial charge is 0.259 e. The first-order valence-corrected chi connectivity index (χ1v) is 8.12. The first kappa shape index (κ1) is 14.5. The molecule has 2 rings (SSSR count). The van der Waals surface area contributed by atoms with Crippen LogP contribution in [0.15, 0.2) is 17.6 Å². The van der Waals surface area contributed by atoms with Crippen LogP contribution in [0.1, 0.15) is 32.6 Å². The molecular formula is C12H21N3O3S. The van der Waals surface area contributed by atoms with Crippen molar-refractivity contribution < 1.29 is 13.5 Å². The van der Waals surface area contributed by atoms with E-state index in [0.717, 1.165) is 25.7 Å². The summed E-state index contributed by atoms with van der Waals surface area (Å²) in [6, 6.07) is 0. The summed E-state index contributed by atoms with van der Waals surface area (Å²) in [6.07, 6.45) is 6.86. The van der Waals surface area contributed by atoms with E-state index in [0.29, 0.717) is 6.54 Å². The molecule has 1 aromatic rings. The lowest BCUT2D eigenvalue weighted by atomic mass is 9.88. The Kier molecular flexibility index (Phi) is 4.27. The Hall–Kier alpha value is -0.920. The third kappa shape index (κ3) is 3.16. The van der Waals surface area contributed by atoms with Crippen LogP contribution in [0.2, 0.25) is 0 Å². The highest BCUT2D eigenvalue weighted by Crippen LogP contribution is 2.37. The number of nitrogens with one attached hydrogen (secondary N) is 1. The van der Waals surface area contributed by atoms with E-state index >= 15 is 0 Å². The van der Waals surface area contributed by atoms with Crippen molar-refractivity contribution >= 4 is 10.0 Å². The third-order valence-electron chi connectivity index (χ3n) is 3.89. The fourth-order valence-corrected chi connectivity index (χ4v) is 3.59. The van der Waals surface area contributed by atoms with Crippen LogP contribution in [0.25, 0.3) is 0 Å². The van der Waals surface area contributed by atoms with Gasteiger partial charge in [0, 0.05) is 31.3 Å². The van der Waals surface area contributed by atoms with Gasteiger partial charge in [0.2, 0.25) is 0 Å². The van der Waals surface area contributed by atoms with Gasteiger partial charge in [-0.25, -0.2) is 18.1 Å². The maximum atomic E-state index is 12.1. The molecule has 1 aliphatic rings. The molecule has 0 aromatic carbocycles. The second-order valence-electron chi connectivity index (χ2n) is 5.23. The molecule has 1 saturated carbocycles. The number of aromatic nitrogens is 2. The van der Waals surface area contributed by atoms with E-state index in [9.17, 15) is 13.5 Å². The molecule has 0 saturated heterocycles. The Balaban J connectivity index is 2.05. The van der Waals surface area contributed by atoms with Gasteiger partial charge in [0.05, 0.1) is 6.33 Å². The van der Waals surface area contributed by atoms with E-state index in [1.165, 1.54) is 12.5 Å². The maximum Gasteiger partial charge on any atom is 0.259 e. The largest absolute Gasteiger partial charge is 0.396 e. The second kappa shape index (κ2) is 5.60. The molecule has 19 heavy (non-hydrogen) atoms. The number of hydrogen-bond acceptors (Lipinski definition) is 4. The average molecular weight is 287 g/mol. The van der Waals surface area contributed by atoms with Crippen molar-refractivity contribution in [2.45, 2.75) is 44.2 Å². The van der Waals surface area contributed by atoms with Gasteiger partial charge in [-0.15, -0.1) is 0 Å². The van der Waals surface area contributed by atoms with Crippen LogP contribution in [0.4, 0.5) is 0 Å². The molecular weight excluding hydrogens is 266 g/mol. The lowest BCUT2D eigenvalue weighted by Gasteiger charge is -2.26. The van der Waals surface area contributed by atoms with Crippen molar-refractivity contribution in [1.82, 2.24) is 14.3 Å². The van der Waals surface area contributed by atoms with Crippen molar-refractivity contribution in [1.29, 1.82) is 0 Å². The van der Waals surface area contributed by atoms with Gasteiger partial charge in [-0.05, 0) is 19.8 Å². The number of aliphatic hydroxyl groups excluding tert-OH is 1. The molecule has 7 heteroatoms. The molecule has 1 heterocycles. The lowest BCUT2D eigenvalue weighted by Crippen LogP contribution is -2.38. The summed E-state index contributed by atoms with van der Waals surface area (Å²) in [5.74, 6) is 0. The summed E-state index contributed by atoms with van der Waals surface area (Å²) >= 11 is 0. The predicted octanol–water partition coefficient (Wildman–Crippen LogP) is 0.734. The van der Waals surface area contributed by atoms with Gasteiger partial charge in [0.15, 0.2) is 5.03 Å². The molecule has 0 bridgehead atoms. The summed E-state index contributed by atoms with van der Waals surface area (Å²) in [5, 5.41) is 9.51. The number of aliphatic hydroxyl groups is 1. The number of rotatable bonds is 6. The highest BCUT2D eigenvalue weighted by molar-refractivity contribution is 7.89. The van der Waals surface area contributed by atoms with Crippen LogP contribution >= 0.6 is 0 Å².